The van der Waals surface area contributed by atoms with Gasteiger partial charge in [-0.1, -0.05) is 12.1 Å². The summed E-state index contributed by atoms with van der Waals surface area (Å²) in [7, 11) is -0.466. The van der Waals surface area contributed by atoms with Crippen molar-refractivity contribution in [1.82, 2.24) is 9.29 Å². The van der Waals surface area contributed by atoms with Crippen LogP contribution in [-0.4, -0.2) is 31.9 Å². The average molecular weight is 371 g/mol. The highest BCUT2D eigenvalue weighted by molar-refractivity contribution is 9.10. The lowest BCUT2D eigenvalue weighted by atomic mass is 10.2. The third kappa shape index (κ3) is 3.81. The Morgan fingerprint density at radius 2 is 2.05 bits per heavy atom. The van der Waals surface area contributed by atoms with Crippen LogP contribution in [0.3, 0.4) is 0 Å². The van der Waals surface area contributed by atoms with Crippen LogP contribution in [0.1, 0.15) is 5.56 Å². The Morgan fingerprint density at radius 3 is 2.71 bits per heavy atom. The fourth-order valence-electron chi connectivity index (χ4n) is 1.83. The minimum atomic E-state index is -3.58. The Hall–Kier alpha value is -1.44. The number of halogens is 1. The highest BCUT2D eigenvalue weighted by atomic mass is 79.9. The van der Waals surface area contributed by atoms with E-state index in [1.165, 1.54) is 23.6 Å². The van der Waals surface area contributed by atoms with Crippen LogP contribution in [-0.2, 0) is 16.6 Å². The van der Waals surface area contributed by atoms with Crippen LogP contribution in [0, 0.1) is 0 Å². The average Bonchev–Trinajstić information content (AvgIpc) is 2.47. The zero-order valence-electron chi connectivity index (χ0n) is 11.7. The van der Waals surface area contributed by atoms with Gasteiger partial charge in [-0.15, -0.1) is 0 Å². The van der Waals surface area contributed by atoms with E-state index in [0.29, 0.717) is 10.2 Å². The van der Waals surface area contributed by atoms with Gasteiger partial charge in [-0.25, -0.2) is 8.42 Å². The topological polar surface area (TPSA) is 59.5 Å². The molecule has 0 radical (unpaired) electrons. The van der Waals surface area contributed by atoms with Crippen molar-refractivity contribution < 1.29 is 13.2 Å². The lowest BCUT2D eigenvalue weighted by Gasteiger charge is -2.17. The zero-order chi connectivity index (χ0) is 15.5. The Bertz CT molecular complexity index is 735. The predicted octanol–water partition coefficient (Wildman–Crippen LogP) is 2.67. The van der Waals surface area contributed by atoms with Crippen molar-refractivity contribution in [2.75, 3.05) is 14.2 Å². The van der Waals surface area contributed by atoms with E-state index in [2.05, 4.69) is 20.9 Å². The first-order valence-electron chi connectivity index (χ1n) is 6.13. The van der Waals surface area contributed by atoms with Gasteiger partial charge in [0, 0.05) is 30.5 Å². The Balaban J connectivity index is 2.24. The summed E-state index contributed by atoms with van der Waals surface area (Å²) in [6, 6.07) is 8.84. The van der Waals surface area contributed by atoms with Gasteiger partial charge in [-0.2, -0.15) is 4.31 Å². The summed E-state index contributed by atoms with van der Waals surface area (Å²) >= 11 is 3.23. The maximum atomic E-state index is 12.5. The van der Waals surface area contributed by atoms with Gasteiger partial charge < -0.3 is 4.74 Å². The minimum Gasteiger partial charge on any atom is -0.497 e. The molecule has 112 valence electrons. The second-order valence-corrected chi connectivity index (χ2v) is 7.41. The second-order valence-electron chi connectivity index (χ2n) is 4.45. The molecule has 1 aromatic heterocycles. The number of nitrogens with zero attached hydrogens (tertiary/aromatic N) is 2. The molecule has 0 fully saturated rings. The third-order valence-electron chi connectivity index (χ3n) is 2.93. The van der Waals surface area contributed by atoms with E-state index in [1.807, 2.05) is 24.3 Å². The molecule has 0 unspecified atom stereocenters. The highest BCUT2D eigenvalue weighted by Crippen LogP contribution is 2.20. The summed E-state index contributed by atoms with van der Waals surface area (Å²) in [6.07, 6.45) is 2.88. The Labute approximate surface area is 132 Å². The first kappa shape index (κ1) is 15.9. The highest BCUT2D eigenvalue weighted by Gasteiger charge is 2.21. The van der Waals surface area contributed by atoms with E-state index in [0.717, 1.165) is 5.56 Å². The van der Waals surface area contributed by atoms with Crippen LogP contribution in [0.4, 0.5) is 0 Å². The van der Waals surface area contributed by atoms with Crippen LogP contribution in [0.5, 0.6) is 5.75 Å². The lowest BCUT2D eigenvalue weighted by Crippen LogP contribution is -2.26. The van der Waals surface area contributed by atoms with Crippen molar-refractivity contribution in [3.8, 4) is 5.75 Å². The number of aromatic nitrogens is 1. The predicted molar refractivity (Wildman–Crippen MR) is 83.6 cm³/mol. The molecule has 0 aliphatic carbocycles. The van der Waals surface area contributed by atoms with Crippen molar-refractivity contribution in [2.45, 2.75) is 11.4 Å². The van der Waals surface area contributed by atoms with Crippen molar-refractivity contribution in [2.24, 2.45) is 0 Å². The standard InChI is InChI=1S/C14H15BrN2O3S/c1-17(10-11-4-3-5-13(6-11)20-2)21(18,19)14-7-12(15)8-16-9-14/h3-9H,10H2,1-2H3. The summed E-state index contributed by atoms with van der Waals surface area (Å²) in [5.41, 5.74) is 0.850. The maximum Gasteiger partial charge on any atom is 0.244 e. The van der Waals surface area contributed by atoms with Crippen molar-refractivity contribution in [3.63, 3.8) is 0 Å². The zero-order valence-corrected chi connectivity index (χ0v) is 14.1. The van der Waals surface area contributed by atoms with Gasteiger partial charge >= 0.3 is 0 Å². The van der Waals surface area contributed by atoms with Crippen molar-refractivity contribution in [3.05, 3.63) is 52.8 Å². The molecular formula is C14H15BrN2O3S. The first-order valence-corrected chi connectivity index (χ1v) is 8.36. The molecule has 2 rings (SSSR count). The molecule has 0 atom stereocenters. The molecule has 0 N–H and O–H groups in total. The van der Waals surface area contributed by atoms with Gasteiger partial charge in [0.05, 0.1) is 7.11 Å². The molecule has 1 aromatic carbocycles. The molecule has 0 amide bonds. The molecule has 1 heterocycles. The van der Waals surface area contributed by atoms with E-state index in [9.17, 15) is 8.42 Å². The summed E-state index contributed by atoms with van der Waals surface area (Å²) in [5.74, 6) is 0.697. The van der Waals surface area contributed by atoms with Crippen LogP contribution < -0.4 is 4.74 Å². The van der Waals surface area contributed by atoms with Gasteiger partial charge in [-0.3, -0.25) is 4.98 Å². The molecule has 21 heavy (non-hydrogen) atoms. The molecule has 0 aliphatic heterocycles. The number of hydrogen-bond donors (Lipinski definition) is 0. The van der Waals surface area contributed by atoms with E-state index >= 15 is 0 Å². The van der Waals surface area contributed by atoms with Gasteiger partial charge in [0.1, 0.15) is 10.6 Å². The normalized spacial score (nSPS) is 11.6. The van der Waals surface area contributed by atoms with E-state index < -0.39 is 10.0 Å². The number of hydrogen-bond acceptors (Lipinski definition) is 4. The molecule has 0 aliphatic rings. The molecule has 0 saturated carbocycles. The van der Waals surface area contributed by atoms with Gasteiger partial charge in [-0.05, 0) is 39.7 Å². The smallest absolute Gasteiger partial charge is 0.244 e. The fourth-order valence-corrected chi connectivity index (χ4v) is 3.49. The Morgan fingerprint density at radius 1 is 1.29 bits per heavy atom. The summed E-state index contributed by atoms with van der Waals surface area (Å²) in [4.78, 5) is 4.05. The SMILES string of the molecule is COc1cccc(CN(C)S(=O)(=O)c2cncc(Br)c2)c1. The maximum absolute atomic E-state index is 12.5. The first-order chi connectivity index (χ1) is 9.93. The van der Waals surface area contributed by atoms with Crippen LogP contribution >= 0.6 is 15.9 Å². The number of methoxy groups -OCH3 is 1. The monoisotopic (exact) mass is 370 g/mol. The molecule has 0 saturated heterocycles. The van der Waals surface area contributed by atoms with Crippen LogP contribution in [0.2, 0.25) is 0 Å². The number of pyridine rings is 1. The van der Waals surface area contributed by atoms with E-state index in [4.69, 9.17) is 4.74 Å². The number of sulfonamides is 1. The molecule has 2 aromatic rings. The van der Waals surface area contributed by atoms with Crippen LogP contribution in [0.15, 0.2) is 52.1 Å². The van der Waals surface area contributed by atoms with Gasteiger partial charge in [0.2, 0.25) is 10.0 Å². The van der Waals surface area contributed by atoms with E-state index in [-0.39, 0.29) is 11.4 Å². The van der Waals surface area contributed by atoms with Gasteiger partial charge in [0.15, 0.2) is 0 Å². The van der Waals surface area contributed by atoms with Crippen LogP contribution in [0.25, 0.3) is 0 Å². The second kappa shape index (κ2) is 6.55. The minimum absolute atomic E-state index is 0.155. The van der Waals surface area contributed by atoms with Crippen molar-refractivity contribution >= 4 is 26.0 Å². The third-order valence-corrected chi connectivity index (χ3v) is 5.13. The fraction of sp³-hybridized carbons (Fsp3) is 0.214. The Kier molecular flexibility index (Phi) is 4.97. The number of rotatable bonds is 5. The number of benzene rings is 1. The number of ether oxygens (including phenoxy) is 1. The van der Waals surface area contributed by atoms with Crippen molar-refractivity contribution in [1.29, 1.82) is 0 Å². The molecule has 0 spiro atoms. The molecule has 7 heteroatoms. The quantitative estimate of drug-likeness (QED) is 0.811. The van der Waals surface area contributed by atoms with E-state index in [1.54, 1.807) is 13.3 Å². The molecule has 0 bridgehead atoms. The molecular weight excluding hydrogens is 356 g/mol. The summed E-state index contributed by atoms with van der Waals surface area (Å²) in [5, 5.41) is 0. The summed E-state index contributed by atoms with van der Waals surface area (Å²) in [6.45, 7) is 0.256. The largest absolute Gasteiger partial charge is 0.497 e. The van der Waals surface area contributed by atoms with Gasteiger partial charge in [0.25, 0.3) is 0 Å². The molecule has 5 nitrogen and oxygen atoms in total. The lowest BCUT2D eigenvalue weighted by molar-refractivity contribution is 0.412. The summed E-state index contributed by atoms with van der Waals surface area (Å²) < 4.78 is 32.0.